The van der Waals surface area contributed by atoms with Crippen molar-refractivity contribution in [3.05, 3.63) is 0 Å². The molecule has 0 spiro atoms. The monoisotopic (exact) mass is 300 g/mol. The number of hydrogen-bond donors (Lipinski definition) is 5. The first-order valence-electron chi connectivity index (χ1n) is 3.50. The van der Waals surface area contributed by atoms with Gasteiger partial charge in [0.1, 0.15) is 12.1 Å². The van der Waals surface area contributed by atoms with Crippen LogP contribution in [0.2, 0.25) is 0 Å². The SMILES string of the molecule is Cl.Cl.NC(CCl)C(=O)O.NC(CO)C(=O)O. The van der Waals surface area contributed by atoms with Crippen LogP contribution in [0.4, 0.5) is 0 Å². The summed E-state index contributed by atoms with van der Waals surface area (Å²) < 4.78 is 0. The van der Waals surface area contributed by atoms with Gasteiger partial charge in [0.25, 0.3) is 0 Å². The number of hydrogen-bond acceptors (Lipinski definition) is 5. The zero-order valence-corrected chi connectivity index (χ0v) is 10.5. The van der Waals surface area contributed by atoms with Crippen molar-refractivity contribution in [2.75, 3.05) is 12.5 Å². The number of halogens is 3. The van der Waals surface area contributed by atoms with Crippen LogP contribution in [0.5, 0.6) is 0 Å². The molecule has 7 N–H and O–H groups in total. The minimum atomic E-state index is -1.18. The fraction of sp³-hybridized carbons (Fsp3) is 0.667. The van der Waals surface area contributed by atoms with Crippen molar-refractivity contribution in [3.63, 3.8) is 0 Å². The number of carboxylic acids is 2. The van der Waals surface area contributed by atoms with Crippen molar-refractivity contribution >= 4 is 48.4 Å². The molecule has 0 rings (SSSR count). The Balaban J connectivity index is -0.0000000800. The fourth-order valence-electron chi connectivity index (χ4n) is 0.144. The quantitative estimate of drug-likeness (QED) is 0.413. The predicted molar refractivity (Wildman–Crippen MR) is 63.5 cm³/mol. The highest BCUT2D eigenvalue weighted by Gasteiger charge is 2.07. The van der Waals surface area contributed by atoms with E-state index in [9.17, 15) is 9.59 Å². The maximum atomic E-state index is 9.72. The Hall–Kier alpha value is -0.310. The van der Waals surface area contributed by atoms with Gasteiger partial charge in [-0.05, 0) is 0 Å². The minimum Gasteiger partial charge on any atom is -0.480 e. The van der Waals surface area contributed by atoms with E-state index < -0.39 is 30.6 Å². The Morgan fingerprint density at radius 3 is 1.38 bits per heavy atom. The molecule has 7 nitrogen and oxygen atoms in total. The van der Waals surface area contributed by atoms with E-state index in [4.69, 9.17) is 38.4 Å². The summed E-state index contributed by atoms with van der Waals surface area (Å²) in [7, 11) is 0. The molecule has 0 saturated carbocycles. The van der Waals surface area contributed by atoms with E-state index in [0.717, 1.165) is 0 Å². The molecule has 2 unspecified atom stereocenters. The summed E-state index contributed by atoms with van der Waals surface area (Å²) in [5, 5.41) is 23.9. The summed E-state index contributed by atoms with van der Waals surface area (Å²) in [4.78, 5) is 19.4. The summed E-state index contributed by atoms with van der Waals surface area (Å²) in [6.07, 6.45) is 0. The molecule has 0 aliphatic rings. The van der Waals surface area contributed by atoms with E-state index in [2.05, 4.69) is 0 Å². The Kier molecular flexibility index (Phi) is 22.7. The molecule has 0 aliphatic heterocycles. The number of aliphatic hydroxyl groups excluding tert-OH is 1. The van der Waals surface area contributed by atoms with Gasteiger partial charge in [-0.2, -0.15) is 0 Å². The van der Waals surface area contributed by atoms with Gasteiger partial charge in [0.15, 0.2) is 0 Å². The van der Waals surface area contributed by atoms with Crippen LogP contribution in [0.1, 0.15) is 0 Å². The second-order valence-electron chi connectivity index (χ2n) is 2.23. The molecule has 0 bridgehead atoms. The van der Waals surface area contributed by atoms with Crippen LogP contribution in [-0.2, 0) is 9.59 Å². The molecule has 10 heteroatoms. The van der Waals surface area contributed by atoms with Crippen LogP contribution in [0.3, 0.4) is 0 Å². The third kappa shape index (κ3) is 16.1. The summed E-state index contributed by atoms with van der Waals surface area (Å²) in [6.45, 7) is -0.505. The van der Waals surface area contributed by atoms with Crippen LogP contribution >= 0.6 is 36.4 Å². The topological polar surface area (TPSA) is 147 Å². The zero-order valence-electron chi connectivity index (χ0n) is 8.08. The van der Waals surface area contributed by atoms with Crippen LogP contribution < -0.4 is 11.5 Å². The van der Waals surface area contributed by atoms with E-state index in [1.165, 1.54) is 0 Å². The molecule has 0 aromatic rings. The predicted octanol–water partition coefficient (Wildman–Crippen LogP) is -1.13. The van der Waals surface area contributed by atoms with Crippen LogP contribution in [0, 0.1) is 0 Å². The number of carbonyl (C=O) groups is 2. The highest BCUT2D eigenvalue weighted by molar-refractivity contribution is 6.19. The smallest absolute Gasteiger partial charge is 0.322 e. The Bertz CT molecular complexity index is 175. The number of aliphatic hydroxyl groups is 1. The van der Waals surface area contributed by atoms with Gasteiger partial charge in [-0.15, -0.1) is 36.4 Å². The molecule has 0 radical (unpaired) electrons. The van der Waals surface area contributed by atoms with Crippen molar-refractivity contribution < 1.29 is 24.9 Å². The Morgan fingerprint density at radius 1 is 1.06 bits per heavy atom. The number of rotatable bonds is 4. The van der Waals surface area contributed by atoms with Gasteiger partial charge in [-0.1, -0.05) is 0 Å². The Labute approximate surface area is 110 Å². The second-order valence-corrected chi connectivity index (χ2v) is 2.53. The van der Waals surface area contributed by atoms with E-state index in [-0.39, 0.29) is 30.7 Å². The van der Waals surface area contributed by atoms with E-state index in [0.29, 0.717) is 0 Å². The highest BCUT2D eigenvalue weighted by atomic mass is 35.5. The molecule has 0 aromatic heterocycles. The average Bonchev–Trinajstić information content (AvgIpc) is 2.15. The first kappa shape index (κ1) is 24.8. The largest absolute Gasteiger partial charge is 0.480 e. The normalized spacial score (nSPS) is 11.8. The van der Waals surface area contributed by atoms with Crippen molar-refractivity contribution in [1.29, 1.82) is 0 Å². The lowest BCUT2D eigenvalue weighted by molar-refractivity contribution is -0.139. The number of nitrogens with two attached hydrogens (primary N) is 2. The van der Waals surface area contributed by atoms with Gasteiger partial charge in [-0.3, -0.25) is 9.59 Å². The van der Waals surface area contributed by atoms with Gasteiger partial charge >= 0.3 is 11.9 Å². The highest BCUT2D eigenvalue weighted by Crippen LogP contribution is 1.80. The molecular weight excluding hydrogens is 286 g/mol. The fourth-order valence-corrected chi connectivity index (χ4v) is 0.276. The molecule has 0 aliphatic carbocycles. The molecule has 0 amide bonds. The van der Waals surface area contributed by atoms with E-state index in [1.54, 1.807) is 0 Å². The van der Waals surface area contributed by atoms with E-state index in [1.807, 2.05) is 0 Å². The first-order valence-corrected chi connectivity index (χ1v) is 4.03. The number of aliphatic carboxylic acids is 2. The lowest BCUT2D eigenvalue weighted by Gasteiger charge is -1.96. The first-order chi connectivity index (χ1) is 6.36. The lowest BCUT2D eigenvalue weighted by atomic mass is 10.3. The third-order valence-corrected chi connectivity index (χ3v) is 1.33. The molecule has 0 aromatic carbocycles. The third-order valence-electron chi connectivity index (χ3n) is 0.997. The van der Waals surface area contributed by atoms with Crippen molar-refractivity contribution in [2.45, 2.75) is 12.1 Å². The van der Waals surface area contributed by atoms with Crippen LogP contribution in [0.15, 0.2) is 0 Å². The molecular formula is C6H15Cl3N2O5. The van der Waals surface area contributed by atoms with Gasteiger partial charge in [-0.25, -0.2) is 0 Å². The average molecular weight is 302 g/mol. The summed E-state index contributed by atoms with van der Waals surface area (Å²) in [5.41, 5.74) is 9.65. The van der Waals surface area contributed by atoms with Gasteiger partial charge in [0.2, 0.25) is 0 Å². The molecule has 16 heavy (non-hydrogen) atoms. The molecule has 100 valence electrons. The summed E-state index contributed by atoms with van der Waals surface area (Å²) in [5.74, 6) is -2.27. The van der Waals surface area contributed by atoms with Crippen molar-refractivity contribution in [2.24, 2.45) is 11.5 Å². The maximum absolute atomic E-state index is 9.72. The molecule has 0 saturated heterocycles. The van der Waals surface area contributed by atoms with Crippen molar-refractivity contribution in [3.8, 4) is 0 Å². The van der Waals surface area contributed by atoms with Gasteiger partial charge < -0.3 is 26.8 Å². The zero-order chi connectivity index (χ0) is 11.7. The van der Waals surface area contributed by atoms with Crippen molar-refractivity contribution in [1.82, 2.24) is 0 Å². The summed E-state index contributed by atoms with van der Waals surface area (Å²) >= 11 is 5.04. The number of carboxylic acid groups (broad SMARTS) is 2. The molecule has 0 heterocycles. The molecule has 2 atom stereocenters. The molecule has 0 fully saturated rings. The number of alkyl halides is 1. The van der Waals surface area contributed by atoms with Crippen LogP contribution in [-0.4, -0.2) is 51.8 Å². The second kappa shape index (κ2) is 14.7. The van der Waals surface area contributed by atoms with Gasteiger partial charge in [0.05, 0.1) is 6.61 Å². The Morgan fingerprint density at radius 2 is 1.38 bits per heavy atom. The maximum Gasteiger partial charge on any atom is 0.322 e. The van der Waals surface area contributed by atoms with E-state index >= 15 is 0 Å². The summed E-state index contributed by atoms with van der Waals surface area (Å²) in [6, 6.07) is -2.04. The standard InChI is InChI=1S/C3H6ClNO2.C3H7NO3.2ClH/c4-1-2(5)3(6)7;4-2(1-5)3(6)7;;/h2H,1,5H2,(H,6,7);2,5H,1,4H2,(H,6,7);2*1H. The minimum absolute atomic E-state index is 0. The lowest BCUT2D eigenvalue weighted by Crippen LogP contribution is -2.33. The van der Waals surface area contributed by atoms with Crippen LogP contribution in [0.25, 0.3) is 0 Å². The van der Waals surface area contributed by atoms with Gasteiger partial charge in [0, 0.05) is 5.88 Å².